The smallest absolute Gasteiger partial charge is 0.138 e. The van der Waals surface area contributed by atoms with Gasteiger partial charge >= 0.3 is 0 Å². The second-order valence-electron chi connectivity index (χ2n) is 8.51. The van der Waals surface area contributed by atoms with Crippen LogP contribution in [0.1, 0.15) is 107 Å². The van der Waals surface area contributed by atoms with Gasteiger partial charge in [0.15, 0.2) is 0 Å². The van der Waals surface area contributed by atoms with Crippen molar-refractivity contribution in [3.63, 3.8) is 0 Å². The number of unbranched alkanes of at least 4 members (excludes halogenated alkanes) is 4. The molecular formula is C20H42O2. The normalized spacial score (nSPS) is 13.3. The third-order valence-corrected chi connectivity index (χ3v) is 3.92. The Bertz CT molecular complexity index is 268. The Hall–Kier alpha value is -0.370. The lowest BCUT2D eigenvalue weighted by molar-refractivity contribution is -0.126. The molecule has 1 N–H and O–H groups in total. The third kappa shape index (κ3) is 14.6. The van der Waals surface area contributed by atoms with Gasteiger partial charge in [0.05, 0.1) is 6.10 Å². The van der Waals surface area contributed by atoms with E-state index in [2.05, 4.69) is 34.6 Å². The van der Waals surface area contributed by atoms with Crippen molar-refractivity contribution >= 4 is 5.78 Å². The summed E-state index contributed by atoms with van der Waals surface area (Å²) in [5.74, 6) is 0.394. The molecule has 0 spiro atoms. The molecule has 0 heterocycles. The number of rotatable bonds is 8. The first-order valence-electron chi connectivity index (χ1n) is 9.18. The van der Waals surface area contributed by atoms with Crippen LogP contribution in [0, 0.1) is 10.8 Å². The molecule has 2 nitrogen and oxygen atoms in total. The molecule has 0 rings (SSSR count). The Kier molecular flexibility index (Phi) is 13.1. The molecule has 0 aliphatic heterocycles. The first kappa shape index (κ1) is 23.9. The van der Waals surface area contributed by atoms with Crippen molar-refractivity contribution in [1.29, 1.82) is 0 Å². The molecule has 1 atom stereocenters. The van der Waals surface area contributed by atoms with Crippen LogP contribution in [0.15, 0.2) is 0 Å². The second kappa shape index (κ2) is 12.1. The Labute approximate surface area is 140 Å². The summed E-state index contributed by atoms with van der Waals surface area (Å²) < 4.78 is 0. The fourth-order valence-corrected chi connectivity index (χ4v) is 1.93. The number of aliphatic hydroxyl groups excluding tert-OH is 1. The minimum atomic E-state index is -0.131. The van der Waals surface area contributed by atoms with Gasteiger partial charge in [-0.3, -0.25) is 4.79 Å². The molecule has 0 aromatic rings. The van der Waals surface area contributed by atoms with Gasteiger partial charge in [-0.25, -0.2) is 0 Å². The maximum absolute atomic E-state index is 11.3. The largest absolute Gasteiger partial charge is 0.393 e. The zero-order valence-corrected chi connectivity index (χ0v) is 16.6. The highest BCUT2D eigenvalue weighted by Gasteiger charge is 2.21. The molecule has 0 aliphatic carbocycles. The van der Waals surface area contributed by atoms with E-state index in [1.54, 1.807) is 0 Å². The maximum atomic E-state index is 11.3. The second-order valence-corrected chi connectivity index (χ2v) is 8.51. The number of ketones is 1. The van der Waals surface area contributed by atoms with E-state index in [1.165, 1.54) is 25.7 Å². The molecule has 0 aromatic carbocycles. The third-order valence-electron chi connectivity index (χ3n) is 3.92. The summed E-state index contributed by atoms with van der Waals surface area (Å²) in [5, 5.41) is 9.61. The Morgan fingerprint density at radius 3 is 1.68 bits per heavy atom. The van der Waals surface area contributed by atoms with Crippen LogP contribution in [0.4, 0.5) is 0 Å². The highest BCUT2D eigenvalue weighted by Crippen LogP contribution is 2.23. The van der Waals surface area contributed by atoms with Crippen LogP contribution in [0.25, 0.3) is 0 Å². The highest BCUT2D eigenvalue weighted by molar-refractivity contribution is 5.83. The molecule has 22 heavy (non-hydrogen) atoms. The van der Waals surface area contributed by atoms with Gasteiger partial charge in [-0.15, -0.1) is 0 Å². The lowest BCUT2D eigenvalue weighted by Crippen LogP contribution is -2.25. The molecule has 0 aromatic heterocycles. The molecule has 0 radical (unpaired) electrons. The van der Waals surface area contributed by atoms with Crippen molar-refractivity contribution in [2.45, 2.75) is 113 Å². The van der Waals surface area contributed by atoms with Gasteiger partial charge in [-0.2, -0.15) is 0 Å². The van der Waals surface area contributed by atoms with Crippen LogP contribution in [0.2, 0.25) is 0 Å². The van der Waals surface area contributed by atoms with Crippen molar-refractivity contribution < 1.29 is 9.90 Å². The van der Waals surface area contributed by atoms with E-state index in [4.69, 9.17) is 0 Å². The van der Waals surface area contributed by atoms with E-state index < -0.39 is 0 Å². The summed E-state index contributed by atoms with van der Waals surface area (Å²) >= 11 is 0. The maximum Gasteiger partial charge on any atom is 0.138 e. The Morgan fingerprint density at radius 1 is 0.864 bits per heavy atom. The van der Waals surface area contributed by atoms with Crippen LogP contribution in [-0.2, 0) is 4.79 Å². The molecule has 0 saturated carbocycles. The quantitative estimate of drug-likeness (QED) is 0.545. The first-order valence-corrected chi connectivity index (χ1v) is 9.18. The zero-order chi connectivity index (χ0) is 17.8. The zero-order valence-electron chi connectivity index (χ0n) is 16.6. The van der Waals surface area contributed by atoms with E-state index in [0.717, 1.165) is 25.7 Å². The fraction of sp³-hybridized carbons (Fsp3) is 0.950. The van der Waals surface area contributed by atoms with Gasteiger partial charge in [-0.05, 0) is 18.3 Å². The average Bonchev–Trinajstić information content (AvgIpc) is 2.37. The predicted octanol–water partition coefficient (Wildman–Crippen LogP) is 6.16. The van der Waals surface area contributed by atoms with Gasteiger partial charge < -0.3 is 5.11 Å². The van der Waals surface area contributed by atoms with Crippen molar-refractivity contribution in [1.82, 2.24) is 0 Å². The SMILES string of the molecule is CCCCCC(=O)C(C)(C)C.CCCCCC(O)C(C)(C)C. The summed E-state index contributed by atoms with van der Waals surface area (Å²) in [7, 11) is 0. The van der Waals surface area contributed by atoms with E-state index in [1.807, 2.05) is 20.8 Å². The average molecular weight is 315 g/mol. The fourth-order valence-electron chi connectivity index (χ4n) is 1.93. The molecule has 134 valence electrons. The van der Waals surface area contributed by atoms with Crippen LogP contribution in [-0.4, -0.2) is 17.0 Å². The summed E-state index contributed by atoms with van der Waals surface area (Å²) in [4.78, 5) is 11.3. The summed E-state index contributed by atoms with van der Waals surface area (Å²) in [6.45, 7) is 16.6. The predicted molar refractivity (Wildman–Crippen MR) is 98.2 cm³/mol. The van der Waals surface area contributed by atoms with Crippen molar-refractivity contribution in [3.8, 4) is 0 Å². The summed E-state index contributed by atoms with van der Waals surface area (Å²) in [6, 6.07) is 0. The minimum Gasteiger partial charge on any atom is -0.393 e. The van der Waals surface area contributed by atoms with E-state index in [9.17, 15) is 9.90 Å². The van der Waals surface area contributed by atoms with Gasteiger partial charge in [0.25, 0.3) is 0 Å². The topological polar surface area (TPSA) is 37.3 Å². The monoisotopic (exact) mass is 314 g/mol. The van der Waals surface area contributed by atoms with Crippen LogP contribution in [0.3, 0.4) is 0 Å². The Morgan fingerprint density at radius 2 is 1.32 bits per heavy atom. The molecule has 2 heteroatoms. The minimum absolute atomic E-state index is 0.0632. The lowest BCUT2D eigenvalue weighted by Gasteiger charge is -2.25. The van der Waals surface area contributed by atoms with Gasteiger partial charge in [0.1, 0.15) is 5.78 Å². The number of carbonyl (C=O) groups is 1. The van der Waals surface area contributed by atoms with Crippen molar-refractivity contribution in [2.24, 2.45) is 10.8 Å². The number of Topliss-reactive ketones (excluding diaryl/α,β-unsaturated/α-hetero) is 1. The number of hydrogen-bond acceptors (Lipinski definition) is 2. The Balaban J connectivity index is 0. The van der Waals surface area contributed by atoms with E-state index in [0.29, 0.717) is 5.78 Å². The molecule has 0 fully saturated rings. The number of carbonyl (C=O) groups excluding carboxylic acids is 1. The van der Waals surface area contributed by atoms with Gasteiger partial charge in [0, 0.05) is 11.8 Å². The molecule has 0 amide bonds. The first-order chi connectivity index (χ1) is 9.96. The van der Waals surface area contributed by atoms with Gasteiger partial charge in [-0.1, -0.05) is 87.5 Å². The lowest BCUT2D eigenvalue weighted by atomic mass is 9.86. The van der Waals surface area contributed by atoms with Crippen molar-refractivity contribution in [2.75, 3.05) is 0 Å². The van der Waals surface area contributed by atoms with E-state index in [-0.39, 0.29) is 16.9 Å². The molecule has 1 unspecified atom stereocenters. The number of hydrogen-bond donors (Lipinski definition) is 1. The van der Waals surface area contributed by atoms with Crippen LogP contribution in [0.5, 0.6) is 0 Å². The summed E-state index contributed by atoms with van der Waals surface area (Å²) in [5.41, 5.74) is -0.0680. The van der Waals surface area contributed by atoms with Crippen LogP contribution < -0.4 is 0 Å². The molecule has 0 aliphatic rings. The molecule has 0 bridgehead atoms. The summed E-state index contributed by atoms with van der Waals surface area (Å²) in [6.07, 6.45) is 8.66. The molecule has 0 saturated heterocycles. The standard InChI is InChI=1S/C10H22O.C10H20O/c2*1-5-6-7-8-9(11)10(2,3)4/h9,11H,5-8H2,1-4H3;5-8H2,1-4H3. The molecular weight excluding hydrogens is 272 g/mol. The van der Waals surface area contributed by atoms with Crippen LogP contribution >= 0.6 is 0 Å². The highest BCUT2D eigenvalue weighted by atomic mass is 16.3. The number of aliphatic hydroxyl groups is 1. The van der Waals surface area contributed by atoms with E-state index >= 15 is 0 Å². The van der Waals surface area contributed by atoms with Crippen molar-refractivity contribution in [3.05, 3.63) is 0 Å². The van der Waals surface area contributed by atoms with Gasteiger partial charge in [0.2, 0.25) is 0 Å².